The highest BCUT2D eigenvalue weighted by atomic mass is 28.4. The molecule has 0 radical (unpaired) electrons. The molecule has 0 bridgehead atoms. The van der Waals surface area contributed by atoms with Gasteiger partial charge in [-0.05, 0) is 21.3 Å². The Balaban J connectivity index is 2.55. The molecular formula is C23H32O2Si. The van der Waals surface area contributed by atoms with Crippen LogP contribution in [0, 0.1) is 11.8 Å². The van der Waals surface area contributed by atoms with Gasteiger partial charge in [0, 0.05) is 19.1 Å². The van der Waals surface area contributed by atoms with Crippen molar-refractivity contribution in [1.29, 1.82) is 0 Å². The zero-order valence-electron chi connectivity index (χ0n) is 16.5. The molecule has 0 fully saturated rings. The summed E-state index contributed by atoms with van der Waals surface area (Å²) >= 11 is 0. The first-order valence-electron chi connectivity index (χ1n) is 9.35. The van der Waals surface area contributed by atoms with Crippen molar-refractivity contribution in [2.24, 2.45) is 11.8 Å². The van der Waals surface area contributed by atoms with Gasteiger partial charge >= 0.3 is 0 Å². The van der Waals surface area contributed by atoms with E-state index in [1.165, 1.54) is 10.4 Å². The van der Waals surface area contributed by atoms with Gasteiger partial charge in [0.2, 0.25) is 0 Å². The Hall–Kier alpha value is -1.68. The summed E-state index contributed by atoms with van der Waals surface area (Å²) in [4.78, 5) is 0. The highest BCUT2D eigenvalue weighted by Gasteiger charge is 2.50. The maximum absolute atomic E-state index is 9.57. The third kappa shape index (κ3) is 4.17. The summed E-state index contributed by atoms with van der Waals surface area (Å²) < 4.78 is 6.90. The maximum Gasteiger partial charge on any atom is 0.261 e. The van der Waals surface area contributed by atoms with E-state index < -0.39 is 8.32 Å². The van der Waals surface area contributed by atoms with Crippen LogP contribution in [0.25, 0.3) is 0 Å². The fourth-order valence-corrected chi connectivity index (χ4v) is 8.18. The smallest absolute Gasteiger partial charge is 0.261 e. The summed E-state index contributed by atoms with van der Waals surface area (Å²) in [5, 5.41) is 12.1. The van der Waals surface area contributed by atoms with Crippen LogP contribution >= 0.6 is 0 Å². The lowest BCUT2D eigenvalue weighted by Crippen LogP contribution is -2.67. The molecule has 140 valence electrons. The fraction of sp³-hybridized carbons (Fsp3) is 0.391. The van der Waals surface area contributed by atoms with Crippen molar-refractivity contribution in [2.45, 2.75) is 32.7 Å². The first-order valence-corrected chi connectivity index (χ1v) is 11.3. The molecule has 3 heteroatoms. The Labute approximate surface area is 159 Å². The summed E-state index contributed by atoms with van der Waals surface area (Å²) in [5.41, 5.74) is 0. The second-order valence-corrected chi connectivity index (χ2v) is 12.3. The number of benzene rings is 2. The average molecular weight is 369 g/mol. The standard InChI is InChI=1S/C23H32O2Si/c1-6-20(19(2)17-24)18-25-26(23(3,4)5,21-13-9-7-10-14-21)22-15-11-8-12-16-22/h6-16,19-20,24H,1,17-18H2,2-5H3/t19-,20-/m1/s1. The maximum atomic E-state index is 9.57. The van der Waals surface area contributed by atoms with Gasteiger partial charge in [0.15, 0.2) is 0 Å². The molecule has 0 heterocycles. The van der Waals surface area contributed by atoms with Gasteiger partial charge in [-0.3, -0.25) is 0 Å². The lowest BCUT2D eigenvalue weighted by Gasteiger charge is -2.44. The van der Waals surface area contributed by atoms with E-state index in [1.807, 2.05) is 13.0 Å². The van der Waals surface area contributed by atoms with E-state index in [2.05, 4.69) is 88.0 Å². The molecule has 0 unspecified atom stereocenters. The monoisotopic (exact) mass is 368 g/mol. The summed E-state index contributed by atoms with van der Waals surface area (Å²) in [6.45, 7) is 13.5. The number of aliphatic hydroxyl groups is 1. The molecule has 0 spiro atoms. The fourth-order valence-electron chi connectivity index (χ4n) is 3.58. The second kappa shape index (κ2) is 8.80. The predicted octanol–water partition coefficient (Wildman–Crippen LogP) is 3.99. The van der Waals surface area contributed by atoms with Crippen LogP contribution in [0.2, 0.25) is 5.04 Å². The number of rotatable bonds is 8. The molecule has 0 aliphatic rings. The van der Waals surface area contributed by atoms with E-state index in [4.69, 9.17) is 4.43 Å². The molecular weight excluding hydrogens is 336 g/mol. The van der Waals surface area contributed by atoms with Crippen molar-refractivity contribution in [3.8, 4) is 0 Å². The second-order valence-electron chi connectivity index (χ2n) is 8.03. The molecule has 2 rings (SSSR count). The lowest BCUT2D eigenvalue weighted by molar-refractivity contribution is 0.161. The largest absolute Gasteiger partial charge is 0.407 e. The van der Waals surface area contributed by atoms with Crippen LogP contribution in [0.4, 0.5) is 0 Å². The highest BCUT2D eigenvalue weighted by molar-refractivity contribution is 6.99. The topological polar surface area (TPSA) is 29.5 Å². The molecule has 2 aromatic carbocycles. The molecule has 0 saturated carbocycles. The minimum absolute atomic E-state index is 0.0378. The minimum Gasteiger partial charge on any atom is -0.407 e. The quantitative estimate of drug-likeness (QED) is 0.564. The normalized spacial score (nSPS) is 14.7. The van der Waals surface area contributed by atoms with Crippen LogP contribution in [-0.2, 0) is 4.43 Å². The molecule has 0 aliphatic heterocycles. The molecule has 2 aromatic rings. The molecule has 0 saturated heterocycles. The molecule has 1 N–H and O–H groups in total. The Morgan fingerprint density at radius 2 is 1.46 bits per heavy atom. The highest BCUT2D eigenvalue weighted by Crippen LogP contribution is 2.37. The van der Waals surface area contributed by atoms with E-state index >= 15 is 0 Å². The summed E-state index contributed by atoms with van der Waals surface area (Å²) in [6, 6.07) is 21.3. The third-order valence-corrected chi connectivity index (χ3v) is 10.2. The number of hydrogen-bond acceptors (Lipinski definition) is 2. The Morgan fingerprint density at radius 3 is 1.81 bits per heavy atom. The summed E-state index contributed by atoms with van der Waals surface area (Å²) in [7, 11) is -2.52. The summed E-state index contributed by atoms with van der Waals surface area (Å²) in [5.74, 6) is 0.257. The molecule has 0 aromatic heterocycles. The minimum atomic E-state index is -2.52. The van der Waals surface area contributed by atoms with Gasteiger partial charge in [0.25, 0.3) is 8.32 Å². The van der Waals surface area contributed by atoms with Gasteiger partial charge < -0.3 is 9.53 Å². The van der Waals surface area contributed by atoms with Crippen LogP contribution in [-0.4, -0.2) is 26.6 Å². The van der Waals surface area contributed by atoms with Gasteiger partial charge in [-0.25, -0.2) is 0 Å². The zero-order valence-corrected chi connectivity index (χ0v) is 17.5. The molecule has 2 nitrogen and oxygen atoms in total. The molecule has 26 heavy (non-hydrogen) atoms. The van der Waals surface area contributed by atoms with E-state index in [1.54, 1.807) is 0 Å². The van der Waals surface area contributed by atoms with Crippen molar-refractivity contribution < 1.29 is 9.53 Å². The molecule has 0 aliphatic carbocycles. The van der Waals surface area contributed by atoms with Crippen LogP contribution in [0.5, 0.6) is 0 Å². The van der Waals surface area contributed by atoms with E-state index in [0.717, 1.165) is 0 Å². The van der Waals surface area contributed by atoms with Gasteiger partial charge in [-0.15, -0.1) is 6.58 Å². The first kappa shape index (κ1) is 20.6. The first-order chi connectivity index (χ1) is 12.4. The van der Waals surface area contributed by atoms with Gasteiger partial charge in [-0.1, -0.05) is 94.4 Å². The lowest BCUT2D eigenvalue weighted by atomic mass is 9.96. The number of hydrogen-bond donors (Lipinski definition) is 1. The van der Waals surface area contributed by atoms with Crippen molar-refractivity contribution in [1.82, 2.24) is 0 Å². The van der Waals surface area contributed by atoms with Crippen molar-refractivity contribution in [3.05, 3.63) is 73.3 Å². The van der Waals surface area contributed by atoms with E-state index in [-0.39, 0.29) is 23.5 Å². The third-order valence-electron chi connectivity index (χ3n) is 5.23. The van der Waals surface area contributed by atoms with Crippen LogP contribution < -0.4 is 10.4 Å². The van der Waals surface area contributed by atoms with Crippen LogP contribution in [0.15, 0.2) is 73.3 Å². The SMILES string of the molecule is C=C[C@H](CO[Si](c1ccccc1)(c1ccccc1)C(C)(C)C)[C@H](C)CO. The van der Waals surface area contributed by atoms with Gasteiger partial charge in [-0.2, -0.15) is 0 Å². The predicted molar refractivity (Wildman–Crippen MR) is 114 cm³/mol. The van der Waals surface area contributed by atoms with Gasteiger partial charge in [0.05, 0.1) is 0 Å². The van der Waals surface area contributed by atoms with E-state index in [9.17, 15) is 5.11 Å². The van der Waals surface area contributed by atoms with E-state index in [0.29, 0.717) is 6.61 Å². The zero-order chi connectivity index (χ0) is 19.2. The van der Waals surface area contributed by atoms with Crippen molar-refractivity contribution in [2.75, 3.05) is 13.2 Å². The Bertz CT molecular complexity index is 637. The van der Waals surface area contributed by atoms with Crippen molar-refractivity contribution in [3.63, 3.8) is 0 Å². The van der Waals surface area contributed by atoms with Gasteiger partial charge in [0.1, 0.15) is 0 Å². The Kier molecular flexibility index (Phi) is 6.99. The number of aliphatic hydroxyl groups excluding tert-OH is 1. The average Bonchev–Trinajstić information content (AvgIpc) is 2.65. The molecule has 2 atom stereocenters. The molecule has 0 amide bonds. The van der Waals surface area contributed by atoms with Crippen LogP contribution in [0.3, 0.4) is 0 Å². The Morgan fingerprint density at radius 1 is 1.00 bits per heavy atom. The van der Waals surface area contributed by atoms with Crippen LogP contribution in [0.1, 0.15) is 27.7 Å². The van der Waals surface area contributed by atoms with Crippen molar-refractivity contribution >= 4 is 18.7 Å². The summed E-state index contributed by atoms with van der Waals surface area (Å²) in [6.07, 6.45) is 1.92.